The first-order valence-corrected chi connectivity index (χ1v) is 8.00. The van der Waals surface area contributed by atoms with Gasteiger partial charge < -0.3 is 9.73 Å². The van der Waals surface area contributed by atoms with Crippen molar-refractivity contribution in [3.05, 3.63) is 42.0 Å². The van der Waals surface area contributed by atoms with Crippen LogP contribution in [0.15, 0.2) is 34.9 Å². The van der Waals surface area contributed by atoms with Gasteiger partial charge in [-0.1, -0.05) is 12.8 Å². The molecule has 1 saturated carbocycles. The third-order valence-corrected chi connectivity index (χ3v) is 4.26. The highest BCUT2D eigenvalue weighted by atomic mass is 16.3. The van der Waals surface area contributed by atoms with Crippen LogP contribution in [0, 0.1) is 6.92 Å². The monoisotopic (exact) mass is 309 g/mol. The average molecular weight is 309 g/mol. The number of hydrogen-bond donors (Lipinski definition) is 2. The first kappa shape index (κ1) is 14.0. The lowest BCUT2D eigenvalue weighted by Crippen LogP contribution is -1.98. The van der Waals surface area contributed by atoms with E-state index in [2.05, 4.69) is 31.5 Å². The van der Waals surface area contributed by atoms with Gasteiger partial charge in [0.05, 0.1) is 6.26 Å². The zero-order chi connectivity index (χ0) is 15.6. The molecule has 0 aromatic carbocycles. The highest BCUT2D eigenvalue weighted by Gasteiger charge is 2.19. The third-order valence-electron chi connectivity index (χ3n) is 4.26. The van der Waals surface area contributed by atoms with E-state index in [1.807, 2.05) is 25.1 Å². The molecule has 3 aromatic rings. The quantitative estimate of drug-likeness (QED) is 0.756. The van der Waals surface area contributed by atoms with Crippen LogP contribution >= 0.6 is 0 Å². The van der Waals surface area contributed by atoms with E-state index in [9.17, 15) is 0 Å². The number of furan rings is 1. The highest BCUT2D eigenvalue weighted by molar-refractivity contribution is 5.61. The van der Waals surface area contributed by atoms with Gasteiger partial charge in [0.25, 0.3) is 0 Å². The molecule has 1 fully saturated rings. The first-order valence-electron chi connectivity index (χ1n) is 8.00. The van der Waals surface area contributed by atoms with Crippen LogP contribution in [0.3, 0.4) is 0 Å². The summed E-state index contributed by atoms with van der Waals surface area (Å²) in [5, 5.41) is 10.8. The van der Waals surface area contributed by atoms with Crippen molar-refractivity contribution >= 4 is 11.6 Å². The molecule has 0 saturated heterocycles. The van der Waals surface area contributed by atoms with Gasteiger partial charge in [0, 0.05) is 23.7 Å². The Kier molecular flexibility index (Phi) is 3.57. The molecule has 6 nitrogen and oxygen atoms in total. The molecule has 3 heterocycles. The van der Waals surface area contributed by atoms with Gasteiger partial charge in [-0.05, 0) is 31.9 Å². The highest BCUT2D eigenvalue weighted by Crippen LogP contribution is 2.34. The minimum absolute atomic E-state index is 0.615. The lowest BCUT2D eigenvalue weighted by Gasteiger charge is -2.05. The Balaban J connectivity index is 1.56. The molecule has 0 bridgehead atoms. The summed E-state index contributed by atoms with van der Waals surface area (Å²) >= 11 is 0. The van der Waals surface area contributed by atoms with Gasteiger partial charge in [0.15, 0.2) is 11.6 Å². The van der Waals surface area contributed by atoms with Gasteiger partial charge in [-0.3, -0.25) is 5.10 Å². The van der Waals surface area contributed by atoms with Crippen molar-refractivity contribution in [2.45, 2.75) is 38.5 Å². The fourth-order valence-corrected chi connectivity index (χ4v) is 3.16. The van der Waals surface area contributed by atoms with Crippen molar-refractivity contribution in [1.82, 2.24) is 20.2 Å². The predicted molar refractivity (Wildman–Crippen MR) is 87.6 cm³/mol. The molecule has 3 aromatic heterocycles. The standard InChI is InChI=1S/C17H19N5O/c1-11-18-14(15-7-4-8-23-15)10-16(19-11)20-17-9-13(21-22-17)12-5-2-3-6-12/h4,7-10,12H,2-3,5-6H2,1H3,(H2,18,19,20,21,22). The van der Waals surface area contributed by atoms with E-state index in [1.54, 1.807) is 6.26 Å². The van der Waals surface area contributed by atoms with E-state index in [1.165, 1.54) is 31.4 Å². The smallest absolute Gasteiger partial charge is 0.153 e. The van der Waals surface area contributed by atoms with Gasteiger partial charge in [0.1, 0.15) is 17.3 Å². The summed E-state index contributed by atoms with van der Waals surface area (Å²) in [7, 11) is 0. The van der Waals surface area contributed by atoms with Crippen LogP contribution in [0.2, 0.25) is 0 Å². The first-order chi connectivity index (χ1) is 11.3. The lowest BCUT2D eigenvalue weighted by atomic mass is 10.0. The number of aromatic nitrogens is 4. The molecule has 118 valence electrons. The minimum atomic E-state index is 0.615. The van der Waals surface area contributed by atoms with Crippen LogP contribution in [0.25, 0.3) is 11.5 Å². The third kappa shape index (κ3) is 2.97. The topological polar surface area (TPSA) is 79.6 Å². The summed E-state index contributed by atoms with van der Waals surface area (Å²) in [5.41, 5.74) is 1.97. The summed E-state index contributed by atoms with van der Waals surface area (Å²) in [6.07, 6.45) is 6.75. The molecule has 1 aliphatic carbocycles. The van der Waals surface area contributed by atoms with Crippen molar-refractivity contribution in [1.29, 1.82) is 0 Å². The SMILES string of the molecule is Cc1nc(Nc2cc(C3CCCC3)[nH]n2)cc(-c2ccco2)n1. The molecule has 23 heavy (non-hydrogen) atoms. The van der Waals surface area contributed by atoms with Crippen LogP contribution in [0.4, 0.5) is 11.6 Å². The van der Waals surface area contributed by atoms with E-state index >= 15 is 0 Å². The van der Waals surface area contributed by atoms with E-state index < -0.39 is 0 Å². The molecule has 0 aliphatic heterocycles. The maximum absolute atomic E-state index is 5.41. The van der Waals surface area contributed by atoms with Crippen LogP contribution in [-0.4, -0.2) is 20.2 Å². The number of anilines is 2. The number of nitrogens with zero attached hydrogens (tertiary/aromatic N) is 3. The van der Waals surface area contributed by atoms with E-state index in [0.29, 0.717) is 17.6 Å². The lowest BCUT2D eigenvalue weighted by molar-refractivity contribution is 0.579. The molecule has 0 atom stereocenters. The second-order valence-electron chi connectivity index (χ2n) is 5.98. The second kappa shape index (κ2) is 5.87. The summed E-state index contributed by atoms with van der Waals surface area (Å²) in [6.45, 7) is 1.87. The maximum atomic E-state index is 5.41. The molecule has 0 radical (unpaired) electrons. The summed E-state index contributed by atoms with van der Waals surface area (Å²) in [5.74, 6) is 3.54. The van der Waals surface area contributed by atoms with Crippen molar-refractivity contribution in [3.63, 3.8) is 0 Å². The van der Waals surface area contributed by atoms with Crippen molar-refractivity contribution in [3.8, 4) is 11.5 Å². The number of aryl methyl sites for hydroxylation is 1. The van der Waals surface area contributed by atoms with E-state index in [4.69, 9.17) is 4.42 Å². The normalized spacial score (nSPS) is 15.2. The maximum Gasteiger partial charge on any atom is 0.153 e. The molecule has 0 unspecified atom stereocenters. The Labute approximate surface area is 134 Å². The van der Waals surface area contributed by atoms with Gasteiger partial charge in [0.2, 0.25) is 0 Å². The number of hydrogen-bond acceptors (Lipinski definition) is 5. The van der Waals surface area contributed by atoms with E-state index in [0.717, 1.165) is 17.3 Å². The van der Waals surface area contributed by atoms with Crippen LogP contribution in [0.1, 0.15) is 43.1 Å². The van der Waals surface area contributed by atoms with Crippen molar-refractivity contribution in [2.75, 3.05) is 5.32 Å². The number of aromatic amines is 1. The molecule has 6 heteroatoms. The van der Waals surface area contributed by atoms with Crippen LogP contribution < -0.4 is 5.32 Å². The van der Waals surface area contributed by atoms with Crippen molar-refractivity contribution in [2.24, 2.45) is 0 Å². The molecular formula is C17H19N5O. The van der Waals surface area contributed by atoms with E-state index in [-0.39, 0.29) is 0 Å². The fraction of sp³-hybridized carbons (Fsp3) is 0.353. The zero-order valence-electron chi connectivity index (χ0n) is 13.0. The Morgan fingerprint density at radius 1 is 1.17 bits per heavy atom. The van der Waals surface area contributed by atoms with Gasteiger partial charge >= 0.3 is 0 Å². The summed E-state index contributed by atoms with van der Waals surface area (Å²) in [6, 6.07) is 7.69. The minimum Gasteiger partial charge on any atom is -0.463 e. The number of H-pyrrole nitrogens is 1. The Hall–Kier alpha value is -2.63. The average Bonchev–Trinajstić information content (AvgIpc) is 3.29. The fourth-order valence-electron chi connectivity index (χ4n) is 3.16. The summed E-state index contributed by atoms with van der Waals surface area (Å²) in [4.78, 5) is 8.84. The summed E-state index contributed by atoms with van der Waals surface area (Å²) < 4.78 is 5.41. The predicted octanol–water partition coefficient (Wildman–Crippen LogP) is 4.17. The van der Waals surface area contributed by atoms with Crippen LogP contribution in [-0.2, 0) is 0 Å². The molecule has 0 amide bonds. The largest absolute Gasteiger partial charge is 0.463 e. The second-order valence-corrected chi connectivity index (χ2v) is 5.98. The molecule has 1 aliphatic rings. The molecular weight excluding hydrogens is 290 g/mol. The van der Waals surface area contributed by atoms with Gasteiger partial charge in [-0.15, -0.1) is 0 Å². The number of nitrogens with one attached hydrogen (secondary N) is 2. The van der Waals surface area contributed by atoms with Crippen molar-refractivity contribution < 1.29 is 4.42 Å². The Morgan fingerprint density at radius 3 is 2.83 bits per heavy atom. The van der Waals surface area contributed by atoms with Gasteiger partial charge in [-0.2, -0.15) is 5.10 Å². The van der Waals surface area contributed by atoms with Crippen LogP contribution in [0.5, 0.6) is 0 Å². The molecule has 2 N–H and O–H groups in total. The Morgan fingerprint density at radius 2 is 2.04 bits per heavy atom. The van der Waals surface area contributed by atoms with Gasteiger partial charge in [-0.25, -0.2) is 9.97 Å². The number of rotatable bonds is 4. The zero-order valence-corrected chi connectivity index (χ0v) is 13.0. The molecule has 4 rings (SSSR count). The Bertz CT molecular complexity index is 787. The molecule has 0 spiro atoms.